The van der Waals surface area contributed by atoms with Crippen molar-refractivity contribution in [2.75, 3.05) is 32.8 Å². The third-order valence-electron chi connectivity index (χ3n) is 5.70. The number of nitrogens with one attached hydrogen (secondary N) is 1. The van der Waals surface area contributed by atoms with Crippen molar-refractivity contribution in [2.24, 2.45) is 5.92 Å². The molecule has 2 aromatic carbocycles. The van der Waals surface area contributed by atoms with Gasteiger partial charge in [-0.2, -0.15) is 0 Å². The van der Waals surface area contributed by atoms with E-state index in [1.807, 2.05) is 65.9 Å². The number of likely N-dealkylation sites (tertiary alicyclic amines) is 1. The Bertz CT molecular complexity index is 954. The van der Waals surface area contributed by atoms with Crippen molar-refractivity contribution in [3.8, 4) is 11.5 Å². The molecule has 0 unspecified atom stereocenters. The third kappa shape index (κ3) is 6.58. The van der Waals surface area contributed by atoms with Crippen molar-refractivity contribution in [3.63, 3.8) is 0 Å². The molecule has 0 bridgehead atoms. The maximum atomic E-state index is 12.8. The molecule has 6 heteroatoms. The molecule has 168 valence electrons. The van der Waals surface area contributed by atoms with E-state index < -0.39 is 0 Å². The topological polar surface area (TPSA) is 50.8 Å². The van der Waals surface area contributed by atoms with E-state index in [-0.39, 0.29) is 5.91 Å². The first-order valence-electron chi connectivity index (χ1n) is 11.2. The van der Waals surface area contributed by atoms with Crippen LogP contribution < -0.4 is 14.8 Å². The smallest absolute Gasteiger partial charge is 0.255 e. The molecule has 1 aliphatic heterocycles. The fraction of sp³-hybridized carbons (Fsp3) is 0.346. The molecule has 1 aromatic heterocycles. The van der Waals surface area contributed by atoms with Crippen LogP contribution in [0.3, 0.4) is 0 Å². The molecule has 5 nitrogen and oxygen atoms in total. The van der Waals surface area contributed by atoms with Crippen molar-refractivity contribution < 1.29 is 14.3 Å². The molecular weight excluding hydrogens is 420 g/mol. The molecule has 1 fully saturated rings. The molecule has 0 saturated carbocycles. The summed E-state index contributed by atoms with van der Waals surface area (Å²) in [7, 11) is 0. The van der Waals surface area contributed by atoms with E-state index in [1.54, 1.807) is 0 Å². The molecule has 1 N–H and O–H groups in total. The van der Waals surface area contributed by atoms with Crippen LogP contribution >= 0.6 is 11.3 Å². The lowest BCUT2D eigenvalue weighted by molar-refractivity contribution is 0.0930. The van der Waals surface area contributed by atoms with Gasteiger partial charge in [0.2, 0.25) is 0 Å². The van der Waals surface area contributed by atoms with Crippen LogP contribution in [0.15, 0.2) is 72.1 Å². The van der Waals surface area contributed by atoms with Crippen LogP contribution in [0.1, 0.15) is 28.1 Å². The summed E-state index contributed by atoms with van der Waals surface area (Å²) in [5.74, 6) is 1.84. The van der Waals surface area contributed by atoms with Crippen molar-refractivity contribution >= 4 is 17.2 Å². The second-order valence-electron chi connectivity index (χ2n) is 8.02. The van der Waals surface area contributed by atoms with Gasteiger partial charge in [0, 0.05) is 18.0 Å². The average molecular weight is 451 g/mol. The van der Waals surface area contributed by atoms with E-state index in [0.717, 1.165) is 38.2 Å². The van der Waals surface area contributed by atoms with Crippen LogP contribution in [-0.4, -0.2) is 43.7 Å². The lowest BCUT2D eigenvalue weighted by atomic mass is 9.96. The number of hydrogen-bond donors (Lipinski definition) is 1. The van der Waals surface area contributed by atoms with Gasteiger partial charge < -0.3 is 14.8 Å². The molecule has 0 radical (unpaired) electrons. The standard InChI is InChI=1S/C26H30N2O3S/c29-26(27-19-21-12-14-28(15-13-21)20-23-9-6-18-32-23)24-10-4-5-11-25(24)31-17-16-30-22-7-2-1-3-8-22/h1-11,18,21H,12-17,19-20H2,(H,27,29). The zero-order valence-electron chi connectivity index (χ0n) is 18.2. The number of benzene rings is 2. The molecule has 4 rings (SSSR count). The molecule has 2 heterocycles. The summed E-state index contributed by atoms with van der Waals surface area (Å²) in [6.07, 6.45) is 2.22. The number of nitrogens with zero attached hydrogens (tertiary/aromatic N) is 1. The highest BCUT2D eigenvalue weighted by Crippen LogP contribution is 2.21. The quantitative estimate of drug-likeness (QED) is 0.449. The largest absolute Gasteiger partial charge is 0.490 e. The predicted octanol–water partition coefficient (Wildman–Crippen LogP) is 4.85. The second kappa shape index (κ2) is 11.7. The van der Waals surface area contributed by atoms with Gasteiger partial charge in [-0.05, 0) is 67.6 Å². The van der Waals surface area contributed by atoms with Crippen molar-refractivity contribution in [1.82, 2.24) is 10.2 Å². The highest BCUT2D eigenvalue weighted by Gasteiger charge is 2.21. The van der Waals surface area contributed by atoms with Crippen LogP contribution in [0.25, 0.3) is 0 Å². The molecule has 3 aromatic rings. The number of piperidine rings is 1. The van der Waals surface area contributed by atoms with Crippen molar-refractivity contribution in [3.05, 3.63) is 82.6 Å². The fourth-order valence-corrected chi connectivity index (χ4v) is 4.66. The van der Waals surface area contributed by atoms with Crippen LogP contribution in [0.5, 0.6) is 11.5 Å². The molecular formula is C26H30N2O3S. The number of ether oxygens (including phenoxy) is 2. The Hall–Kier alpha value is -2.83. The fourth-order valence-electron chi connectivity index (χ4n) is 3.91. The first kappa shape index (κ1) is 22.4. The molecule has 0 aliphatic carbocycles. The molecule has 0 atom stereocenters. The average Bonchev–Trinajstić information content (AvgIpc) is 3.35. The van der Waals surface area contributed by atoms with Gasteiger partial charge in [-0.15, -0.1) is 11.3 Å². The number of rotatable bonds is 10. The number of amides is 1. The first-order chi connectivity index (χ1) is 15.8. The predicted molar refractivity (Wildman–Crippen MR) is 129 cm³/mol. The van der Waals surface area contributed by atoms with Gasteiger partial charge >= 0.3 is 0 Å². The maximum absolute atomic E-state index is 12.8. The number of hydrogen-bond acceptors (Lipinski definition) is 5. The van der Waals surface area contributed by atoms with Gasteiger partial charge in [0.25, 0.3) is 5.91 Å². The van der Waals surface area contributed by atoms with E-state index >= 15 is 0 Å². The Morgan fingerprint density at radius 1 is 0.938 bits per heavy atom. The minimum Gasteiger partial charge on any atom is -0.490 e. The highest BCUT2D eigenvalue weighted by atomic mass is 32.1. The number of carbonyl (C=O) groups excluding carboxylic acids is 1. The highest BCUT2D eigenvalue weighted by molar-refractivity contribution is 7.09. The van der Waals surface area contributed by atoms with Gasteiger partial charge in [-0.1, -0.05) is 36.4 Å². The summed E-state index contributed by atoms with van der Waals surface area (Å²) in [6.45, 7) is 4.71. The summed E-state index contributed by atoms with van der Waals surface area (Å²) < 4.78 is 11.5. The molecule has 1 aliphatic rings. The zero-order chi connectivity index (χ0) is 22.0. The summed E-state index contributed by atoms with van der Waals surface area (Å²) in [4.78, 5) is 16.7. The van der Waals surface area contributed by atoms with E-state index in [4.69, 9.17) is 9.47 Å². The van der Waals surface area contributed by atoms with Crippen LogP contribution in [0.4, 0.5) is 0 Å². The maximum Gasteiger partial charge on any atom is 0.255 e. The molecule has 1 amide bonds. The number of para-hydroxylation sites is 2. The van der Waals surface area contributed by atoms with Gasteiger partial charge in [-0.3, -0.25) is 9.69 Å². The second-order valence-corrected chi connectivity index (χ2v) is 9.05. The lowest BCUT2D eigenvalue weighted by Gasteiger charge is -2.31. The van der Waals surface area contributed by atoms with Crippen molar-refractivity contribution in [1.29, 1.82) is 0 Å². The minimum atomic E-state index is -0.0782. The summed E-state index contributed by atoms with van der Waals surface area (Å²) in [5, 5.41) is 5.25. The molecule has 32 heavy (non-hydrogen) atoms. The Kier molecular flexibility index (Phi) is 8.17. The van der Waals surface area contributed by atoms with Gasteiger partial charge in [0.1, 0.15) is 24.7 Å². The summed E-state index contributed by atoms with van der Waals surface area (Å²) >= 11 is 1.82. The Balaban J connectivity index is 1.20. The normalized spacial score (nSPS) is 14.8. The van der Waals surface area contributed by atoms with Crippen LogP contribution in [0, 0.1) is 5.92 Å². The SMILES string of the molecule is O=C(NCC1CCN(Cc2cccs2)CC1)c1ccccc1OCCOc1ccccc1. The van der Waals surface area contributed by atoms with E-state index in [1.165, 1.54) is 4.88 Å². The first-order valence-corrected chi connectivity index (χ1v) is 12.1. The lowest BCUT2D eigenvalue weighted by Crippen LogP contribution is -2.38. The summed E-state index contributed by atoms with van der Waals surface area (Å²) in [6, 6.07) is 21.3. The minimum absolute atomic E-state index is 0.0782. The molecule has 1 saturated heterocycles. The van der Waals surface area contributed by atoms with E-state index in [2.05, 4.69) is 27.7 Å². The monoisotopic (exact) mass is 450 g/mol. The van der Waals surface area contributed by atoms with Gasteiger partial charge in [-0.25, -0.2) is 0 Å². The van der Waals surface area contributed by atoms with Gasteiger partial charge in [0.05, 0.1) is 5.56 Å². The van der Waals surface area contributed by atoms with Gasteiger partial charge in [0.15, 0.2) is 0 Å². The van der Waals surface area contributed by atoms with E-state index in [9.17, 15) is 4.79 Å². The van der Waals surface area contributed by atoms with Crippen molar-refractivity contribution in [2.45, 2.75) is 19.4 Å². The summed E-state index contributed by atoms with van der Waals surface area (Å²) in [5.41, 5.74) is 0.572. The number of thiophene rings is 1. The Labute approximate surface area is 194 Å². The Morgan fingerprint density at radius 2 is 1.69 bits per heavy atom. The van der Waals surface area contributed by atoms with Crippen LogP contribution in [0.2, 0.25) is 0 Å². The third-order valence-corrected chi connectivity index (χ3v) is 6.56. The molecule has 0 spiro atoms. The number of carbonyl (C=O) groups is 1. The Morgan fingerprint density at radius 3 is 2.47 bits per heavy atom. The zero-order valence-corrected chi connectivity index (χ0v) is 19.1. The van der Waals surface area contributed by atoms with E-state index in [0.29, 0.717) is 37.0 Å². The van der Waals surface area contributed by atoms with Crippen LogP contribution in [-0.2, 0) is 6.54 Å².